The van der Waals surface area contributed by atoms with Gasteiger partial charge in [0.05, 0.1) is 30.3 Å². The van der Waals surface area contributed by atoms with E-state index in [1.807, 2.05) is 27.0 Å². The Kier molecular flexibility index (Phi) is 9.39. The zero-order valence-electron chi connectivity index (χ0n) is 29.0. The van der Waals surface area contributed by atoms with Crippen LogP contribution in [0.15, 0.2) is 35.6 Å². The maximum atomic E-state index is 14.5. The van der Waals surface area contributed by atoms with Crippen molar-refractivity contribution in [3.8, 4) is 22.9 Å². The van der Waals surface area contributed by atoms with E-state index in [-0.39, 0.29) is 42.7 Å². The summed E-state index contributed by atoms with van der Waals surface area (Å²) in [5.41, 5.74) is 2.79. The number of fused-ring (bicyclic) bond motifs is 2. The first kappa shape index (κ1) is 34.6. The summed E-state index contributed by atoms with van der Waals surface area (Å²) in [6.45, 7) is 12.4. The first-order chi connectivity index (χ1) is 23.7. The van der Waals surface area contributed by atoms with Crippen LogP contribution in [0, 0.1) is 40.7 Å². The summed E-state index contributed by atoms with van der Waals surface area (Å²) >= 11 is 0. The first-order valence-electron chi connectivity index (χ1n) is 16.7. The molecule has 3 aromatic rings. The minimum Gasteiger partial charge on any atom is -0.482 e. The summed E-state index contributed by atoms with van der Waals surface area (Å²) in [7, 11) is 0. The van der Waals surface area contributed by atoms with Crippen LogP contribution in [0.5, 0.6) is 5.75 Å². The summed E-state index contributed by atoms with van der Waals surface area (Å²) in [5.74, 6) is -0.644. The van der Waals surface area contributed by atoms with Gasteiger partial charge in [0.15, 0.2) is 12.3 Å². The lowest BCUT2D eigenvalue weighted by Gasteiger charge is -2.35. The van der Waals surface area contributed by atoms with Crippen LogP contribution in [-0.4, -0.2) is 69.3 Å². The van der Waals surface area contributed by atoms with E-state index in [4.69, 9.17) is 19.6 Å². The maximum Gasteiger partial charge on any atom is 0.410 e. The number of aromatic nitrogens is 2. The second-order valence-corrected chi connectivity index (χ2v) is 14.4. The molecule has 2 atom stereocenters. The van der Waals surface area contributed by atoms with Gasteiger partial charge in [0.25, 0.3) is 5.91 Å². The van der Waals surface area contributed by atoms with Crippen molar-refractivity contribution in [1.82, 2.24) is 14.9 Å². The van der Waals surface area contributed by atoms with Gasteiger partial charge in [-0.05, 0) is 61.7 Å². The quantitative estimate of drug-likeness (QED) is 0.276. The van der Waals surface area contributed by atoms with Gasteiger partial charge >= 0.3 is 11.9 Å². The van der Waals surface area contributed by atoms with E-state index in [2.05, 4.69) is 31.8 Å². The molecule has 50 heavy (non-hydrogen) atoms. The van der Waals surface area contributed by atoms with Crippen molar-refractivity contribution in [3.05, 3.63) is 64.6 Å². The second-order valence-electron chi connectivity index (χ2n) is 14.4. The molecular formula is C37H40F2N7O4+. The van der Waals surface area contributed by atoms with Crippen molar-refractivity contribution in [3.63, 3.8) is 0 Å². The Morgan fingerprint density at radius 1 is 1.24 bits per heavy atom. The number of carbonyl (C=O) groups excluding carboxylic acids is 2. The number of benzene rings is 1. The Bertz CT molecular complexity index is 1960. The van der Waals surface area contributed by atoms with E-state index in [0.29, 0.717) is 64.7 Å². The van der Waals surface area contributed by atoms with E-state index in [0.717, 1.165) is 18.7 Å². The lowest BCUT2D eigenvalue weighted by atomic mass is 9.88. The van der Waals surface area contributed by atoms with Crippen LogP contribution >= 0.6 is 0 Å². The number of hydrazone groups is 1. The van der Waals surface area contributed by atoms with Crippen molar-refractivity contribution in [2.75, 3.05) is 24.6 Å². The number of anilines is 1. The van der Waals surface area contributed by atoms with Crippen molar-refractivity contribution in [2.24, 2.45) is 22.9 Å². The molecule has 5 heterocycles. The monoisotopic (exact) mass is 684 g/mol. The Morgan fingerprint density at radius 3 is 2.70 bits per heavy atom. The minimum absolute atomic E-state index is 0.0777. The van der Waals surface area contributed by atoms with Crippen LogP contribution < -0.4 is 9.64 Å². The summed E-state index contributed by atoms with van der Waals surface area (Å²) in [4.78, 5) is 37.6. The van der Waals surface area contributed by atoms with Gasteiger partial charge in [0, 0.05) is 37.1 Å². The molecule has 13 heteroatoms. The number of hydrogen-bond donors (Lipinski definition) is 0. The summed E-state index contributed by atoms with van der Waals surface area (Å²) < 4.78 is 41.2. The lowest BCUT2D eigenvalue weighted by molar-refractivity contribution is -0.442. The van der Waals surface area contributed by atoms with Crippen LogP contribution in [0.2, 0.25) is 0 Å². The Morgan fingerprint density at radius 2 is 2.02 bits per heavy atom. The average molecular weight is 685 g/mol. The van der Waals surface area contributed by atoms with Gasteiger partial charge < -0.3 is 14.4 Å². The normalized spacial score (nSPS) is 19.4. The van der Waals surface area contributed by atoms with E-state index in [9.17, 15) is 23.6 Å². The van der Waals surface area contributed by atoms with Crippen LogP contribution in [0.1, 0.15) is 70.5 Å². The Balaban J connectivity index is 1.35. The SMILES string of the molecule is CC(C)Cc1nc2c(c(-c3ccc4c(c3)OCC(=O)N4Cc3ncc(F)cc3F)c1C#N)C=N/[N+]2=C/C1CCN(C(=O)OC(C)(C)C)C[C@H]1C. The highest BCUT2D eigenvalue weighted by molar-refractivity contribution is 6.01. The maximum absolute atomic E-state index is 14.5. The molecule has 3 aliphatic rings. The molecule has 11 nitrogen and oxygen atoms in total. The Hall–Kier alpha value is -5.25. The van der Waals surface area contributed by atoms with E-state index < -0.39 is 23.1 Å². The summed E-state index contributed by atoms with van der Waals surface area (Å²) in [6, 6.07) is 8.35. The van der Waals surface area contributed by atoms with Gasteiger partial charge in [-0.25, -0.2) is 13.6 Å². The number of nitrogens with zero attached hydrogens (tertiary/aromatic N) is 7. The second kappa shape index (κ2) is 13.6. The molecule has 0 saturated carbocycles. The highest BCUT2D eigenvalue weighted by Gasteiger charge is 2.36. The van der Waals surface area contributed by atoms with Crippen molar-refractivity contribution in [2.45, 2.75) is 66.5 Å². The Labute approximate surface area is 289 Å². The number of pyridine rings is 2. The molecule has 260 valence electrons. The molecule has 3 aliphatic heterocycles. The highest BCUT2D eigenvalue weighted by Crippen LogP contribution is 2.42. The molecule has 1 unspecified atom stereocenters. The molecule has 1 aromatic carbocycles. The average Bonchev–Trinajstić information content (AvgIpc) is 3.44. The molecule has 2 amide bonds. The zero-order chi connectivity index (χ0) is 35.9. The molecule has 1 saturated heterocycles. The molecule has 0 N–H and O–H groups in total. The van der Waals surface area contributed by atoms with Gasteiger partial charge in [-0.15, -0.1) is 4.68 Å². The van der Waals surface area contributed by atoms with Gasteiger partial charge in [0.1, 0.15) is 46.4 Å². The van der Waals surface area contributed by atoms with Crippen LogP contribution in [0.4, 0.5) is 25.1 Å². The largest absolute Gasteiger partial charge is 0.482 e. The minimum atomic E-state index is -0.852. The third-order valence-electron chi connectivity index (χ3n) is 8.87. The fourth-order valence-corrected chi connectivity index (χ4v) is 6.47. The summed E-state index contributed by atoms with van der Waals surface area (Å²) in [5, 5.41) is 15.2. The number of piperidine rings is 1. The number of amides is 2. The lowest BCUT2D eigenvalue weighted by Crippen LogP contribution is -2.45. The molecule has 0 aliphatic carbocycles. The van der Waals surface area contributed by atoms with Crippen LogP contribution in [0.25, 0.3) is 11.1 Å². The number of nitriles is 1. The highest BCUT2D eigenvalue weighted by atomic mass is 19.1. The van der Waals surface area contributed by atoms with Crippen molar-refractivity contribution < 1.29 is 32.5 Å². The molecule has 0 spiro atoms. The van der Waals surface area contributed by atoms with Crippen LogP contribution in [0.3, 0.4) is 0 Å². The fourth-order valence-electron chi connectivity index (χ4n) is 6.47. The van der Waals surface area contributed by atoms with Gasteiger partial charge in [-0.1, -0.05) is 31.9 Å². The third kappa shape index (κ3) is 7.06. The molecule has 2 aromatic heterocycles. The third-order valence-corrected chi connectivity index (χ3v) is 8.87. The van der Waals surface area contributed by atoms with Crippen molar-refractivity contribution in [1.29, 1.82) is 5.26 Å². The molecule has 6 rings (SSSR count). The standard InChI is InChI=1S/C37H40F2N7O4/c1-21(2)11-29-26(14-40)34(23-7-8-31-32(12-23)49-20-33(47)45(31)19-30-28(39)13-25(38)15-41-30)27-16-42-46(35(27)43-29)18-24-9-10-44(17-22(24)3)36(48)50-37(4,5)6/h7-8,12-13,15-16,18,21-22,24H,9-11,17,19-20H2,1-6H3/q+1/b46-18+/t22-,24?/m1/s1. The molecule has 0 bridgehead atoms. The number of halogens is 2. The smallest absolute Gasteiger partial charge is 0.410 e. The van der Waals surface area contributed by atoms with E-state index in [1.54, 1.807) is 34.0 Å². The predicted octanol–water partition coefficient (Wildman–Crippen LogP) is 6.37. The topological polar surface area (TPSA) is 124 Å². The van der Waals surface area contributed by atoms with Gasteiger partial charge in [-0.3, -0.25) is 14.7 Å². The van der Waals surface area contributed by atoms with E-state index >= 15 is 0 Å². The number of rotatable bonds is 6. The van der Waals surface area contributed by atoms with E-state index in [1.165, 1.54) is 4.90 Å². The van der Waals surface area contributed by atoms with Crippen molar-refractivity contribution >= 4 is 35.9 Å². The number of likely N-dealkylation sites (tertiary alicyclic amines) is 1. The molecular weight excluding hydrogens is 644 g/mol. The van der Waals surface area contributed by atoms with Gasteiger partial charge in [0.2, 0.25) is 0 Å². The molecule has 0 radical (unpaired) electrons. The predicted molar refractivity (Wildman–Crippen MR) is 182 cm³/mol. The number of ether oxygens (including phenoxy) is 2. The molecule has 1 fully saturated rings. The number of hydrogen-bond acceptors (Lipinski definition) is 8. The summed E-state index contributed by atoms with van der Waals surface area (Å²) in [6.07, 6.45) is 5.62. The van der Waals surface area contributed by atoms with Crippen LogP contribution in [-0.2, 0) is 22.5 Å². The first-order valence-corrected chi connectivity index (χ1v) is 16.7. The van der Waals surface area contributed by atoms with Gasteiger partial charge in [-0.2, -0.15) is 5.26 Å². The number of carbonyl (C=O) groups is 2. The zero-order valence-corrected chi connectivity index (χ0v) is 29.0. The fraction of sp³-hybridized carbons (Fsp3) is 0.432.